The van der Waals surface area contributed by atoms with Gasteiger partial charge in [0, 0.05) is 16.5 Å². The van der Waals surface area contributed by atoms with Crippen LogP contribution in [0.15, 0.2) is 0 Å². The van der Waals surface area contributed by atoms with Crippen LogP contribution in [0, 0.1) is 12.8 Å². The second-order valence-corrected chi connectivity index (χ2v) is 3.50. The molecular weight excluding hydrogens is 179 g/mol. The van der Waals surface area contributed by atoms with Crippen LogP contribution in [0.3, 0.4) is 0 Å². The maximum Gasteiger partial charge on any atom is 0 e. The molecule has 0 spiro atoms. The van der Waals surface area contributed by atoms with Gasteiger partial charge in [-0.3, -0.25) is 0 Å². The number of unbranched alkanes of at least 4 members (excludes halogenated alkanes) is 1. The topological polar surface area (TPSA) is 0 Å². The van der Waals surface area contributed by atoms with Gasteiger partial charge in [0.05, 0.1) is 0 Å². The van der Waals surface area contributed by atoms with Gasteiger partial charge in [-0.15, -0.1) is 0 Å². The molecule has 0 nitrogen and oxygen atoms in total. The fourth-order valence-corrected chi connectivity index (χ4v) is 1.91. The molecule has 0 heterocycles. The van der Waals surface area contributed by atoms with Gasteiger partial charge in [0.15, 0.2) is 0 Å². The first-order chi connectivity index (χ1) is 4.93. The first-order valence-electron chi connectivity index (χ1n) is 4.72. The van der Waals surface area contributed by atoms with Gasteiger partial charge < -0.3 is 6.92 Å². The van der Waals surface area contributed by atoms with E-state index in [4.69, 9.17) is 0 Å². The molecule has 1 heteroatoms. The van der Waals surface area contributed by atoms with Gasteiger partial charge in [0.25, 0.3) is 0 Å². The van der Waals surface area contributed by atoms with E-state index in [1.165, 1.54) is 44.9 Å². The van der Waals surface area contributed by atoms with E-state index in [0.29, 0.717) is 0 Å². The molecule has 1 rings (SSSR count). The predicted octanol–water partition coefficient (Wildman–Crippen LogP) is 3.57. The van der Waals surface area contributed by atoms with Gasteiger partial charge in [0.1, 0.15) is 0 Å². The number of hydrogen-bond donors (Lipinski definition) is 0. The quantitative estimate of drug-likeness (QED) is 0.480. The van der Waals surface area contributed by atoms with Crippen molar-refractivity contribution in [3.05, 3.63) is 6.92 Å². The standard InChI is InChI=1S/C10H19.Ni/c1-2-3-7-10-8-5-4-6-9-10;/h10H,1-9H2;/q-1;. The van der Waals surface area contributed by atoms with Crippen LogP contribution < -0.4 is 0 Å². The van der Waals surface area contributed by atoms with Crippen molar-refractivity contribution in [3.63, 3.8) is 0 Å². The summed E-state index contributed by atoms with van der Waals surface area (Å²) >= 11 is 0. The molecule has 0 unspecified atom stereocenters. The summed E-state index contributed by atoms with van der Waals surface area (Å²) in [6.07, 6.45) is 11.4. The van der Waals surface area contributed by atoms with Crippen LogP contribution in [0.2, 0.25) is 0 Å². The molecule has 0 atom stereocenters. The van der Waals surface area contributed by atoms with Crippen LogP contribution in [0.4, 0.5) is 0 Å². The van der Waals surface area contributed by atoms with E-state index in [-0.39, 0.29) is 16.5 Å². The average Bonchev–Trinajstić information content (AvgIpc) is 2.03. The average molecular weight is 198 g/mol. The summed E-state index contributed by atoms with van der Waals surface area (Å²) in [6, 6.07) is 0. The minimum absolute atomic E-state index is 0. The molecule has 70 valence electrons. The molecule has 11 heavy (non-hydrogen) atoms. The molecule has 0 aliphatic heterocycles. The first-order valence-corrected chi connectivity index (χ1v) is 4.72. The number of rotatable bonds is 3. The van der Waals surface area contributed by atoms with Crippen molar-refractivity contribution in [1.82, 2.24) is 0 Å². The zero-order chi connectivity index (χ0) is 7.23. The molecular formula is C10H19Ni-. The summed E-state index contributed by atoms with van der Waals surface area (Å²) in [5, 5.41) is 0. The molecule has 0 amide bonds. The molecule has 0 saturated heterocycles. The minimum Gasteiger partial charge on any atom is -0.343 e. The molecule has 0 aromatic carbocycles. The zero-order valence-corrected chi connectivity index (χ0v) is 8.25. The van der Waals surface area contributed by atoms with Gasteiger partial charge in [-0.25, -0.2) is 0 Å². The van der Waals surface area contributed by atoms with Gasteiger partial charge >= 0.3 is 0 Å². The normalized spacial score (nSPS) is 19.4. The maximum absolute atomic E-state index is 3.87. The third-order valence-corrected chi connectivity index (χ3v) is 2.59. The summed E-state index contributed by atoms with van der Waals surface area (Å²) in [5.41, 5.74) is 0. The number of hydrogen-bond acceptors (Lipinski definition) is 0. The second-order valence-electron chi connectivity index (χ2n) is 3.50. The Morgan fingerprint density at radius 2 is 1.73 bits per heavy atom. The molecule has 0 aromatic rings. The van der Waals surface area contributed by atoms with Crippen molar-refractivity contribution in [3.8, 4) is 0 Å². The Balaban J connectivity index is 0.000001000. The van der Waals surface area contributed by atoms with Crippen molar-refractivity contribution < 1.29 is 16.5 Å². The van der Waals surface area contributed by atoms with E-state index in [1.54, 1.807) is 0 Å². The summed E-state index contributed by atoms with van der Waals surface area (Å²) < 4.78 is 0. The van der Waals surface area contributed by atoms with Crippen LogP contribution >= 0.6 is 0 Å². The molecule has 1 aliphatic rings. The van der Waals surface area contributed by atoms with Crippen molar-refractivity contribution in [2.24, 2.45) is 5.92 Å². The van der Waals surface area contributed by atoms with Gasteiger partial charge in [-0.1, -0.05) is 44.9 Å². The van der Waals surface area contributed by atoms with Crippen molar-refractivity contribution >= 4 is 0 Å². The second kappa shape index (κ2) is 7.16. The third-order valence-electron chi connectivity index (χ3n) is 2.59. The van der Waals surface area contributed by atoms with Crippen molar-refractivity contribution in [2.45, 2.75) is 51.4 Å². The zero-order valence-electron chi connectivity index (χ0n) is 7.26. The fraction of sp³-hybridized carbons (Fsp3) is 0.900. The van der Waals surface area contributed by atoms with E-state index in [1.807, 2.05) is 0 Å². The van der Waals surface area contributed by atoms with Gasteiger partial charge in [-0.05, 0) is 5.92 Å². The van der Waals surface area contributed by atoms with Crippen LogP contribution in [0.25, 0.3) is 0 Å². The Hall–Kier alpha value is 0.494. The summed E-state index contributed by atoms with van der Waals surface area (Å²) in [5.74, 6) is 1.07. The Morgan fingerprint density at radius 3 is 2.27 bits per heavy atom. The smallest absolute Gasteiger partial charge is 0 e. The molecule has 1 aliphatic carbocycles. The van der Waals surface area contributed by atoms with Crippen LogP contribution in [0.1, 0.15) is 51.4 Å². The Kier molecular flexibility index (Phi) is 7.48. The van der Waals surface area contributed by atoms with Crippen LogP contribution in [0.5, 0.6) is 0 Å². The Morgan fingerprint density at radius 1 is 1.09 bits per heavy atom. The summed E-state index contributed by atoms with van der Waals surface area (Å²) in [4.78, 5) is 0. The van der Waals surface area contributed by atoms with E-state index >= 15 is 0 Å². The van der Waals surface area contributed by atoms with E-state index in [9.17, 15) is 0 Å². The molecule has 0 aromatic heterocycles. The van der Waals surface area contributed by atoms with E-state index in [2.05, 4.69) is 6.92 Å². The van der Waals surface area contributed by atoms with Gasteiger partial charge in [-0.2, -0.15) is 6.42 Å². The minimum atomic E-state index is 0. The third kappa shape index (κ3) is 4.85. The Bertz CT molecular complexity index is 74.9. The van der Waals surface area contributed by atoms with E-state index < -0.39 is 0 Å². The monoisotopic (exact) mass is 197 g/mol. The molecule has 0 N–H and O–H groups in total. The molecule has 1 saturated carbocycles. The summed E-state index contributed by atoms with van der Waals surface area (Å²) in [6.45, 7) is 3.87. The Labute approximate surface area is 81.1 Å². The van der Waals surface area contributed by atoms with Crippen molar-refractivity contribution in [2.75, 3.05) is 0 Å². The molecule has 0 bridgehead atoms. The van der Waals surface area contributed by atoms with E-state index in [0.717, 1.165) is 12.3 Å². The molecule has 0 radical (unpaired) electrons. The van der Waals surface area contributed by atoms with Gasteiger partial charge in [0.2, 0.25) is 0 Å². The van der Waals surface area contributed by atoms with Crippen molar-refractivity contribution in [1.29, 1.82) is 0 Å². The van der Waals surface area contributed by atoms with Crippen LogP contribution in [-0.2, 0) is 16.5 Å². The largest absolute Gasteiger partial charge is 0.343 e. The predicted molar refractivity (Wildman–Crippen MR) is 45.8 cm³/mol. The molecule has 1 fully saturated rings. The first kappa shape index (κ1) is 11.5. The maximum atomic E-state index is 3.87. The fourth-order valence-electron chi connectivity index (χ4n) is 1.91. The summed E-state index contributed by atoms with van der Waals surface area (Å²) in [7, 11) is 0. The van der Waals surface area contributed by atoms with Crippen LogP contribution in [-0.4, -0.2) is 0 Å². The SMILES string of the molecule is [CH2-]CCCC1CCCCC1.[Ni].